The van der Waals surface area contributed by atoms with E-state index >= 15 is 0 Å². The molecule has 18 heavy (non-hydrogen) atoms. The molecule has 0 fully saturated rings. The predicted molar refractivity (Wildman–Crippen MR) is 71.9 cm³/mol. The van der Waals surface area contributed by atoms with Gasteiger partial charge in [0.05, 0.1) is 6.10 Å². The Morgan fingerprint density at radius 3 is 2.50 bits per heavy atom. The van der Waals surface area contributed by atoms with Crippen molar-refractivity contribution in [2.45, 2.75) is 39.7 Å². The lowest BCUT2D eigenvalue weighted by molar-refractivity contribution is -0.138. The van der Waals surface area contributed by atoms with E-state index in [0.29, 0.717) is 11.4 Å². The van der Waals surface area contributed by atoms with Gasteiger partial charge in [-0.1, -0.05) is 24.6 Å². The molecule has 0 aliphatic rings. The average molecular weight is 271 g/mol. The van der Waals surface area contributed by atoms with Crippen LogP contribution in [0.4, 0.5) is 0 Å². The van der Waals surface area contributed by atoms with Gasteiger partial charge in [0, 0.05) is 11.4 Å². The summed E-state index contributed by atoms with van der Waals surface area (Å²) >= 11 is 6.01. The molecule has 0 amide bonds. The highest BCUT2D eigenvalue weighted by atomic mass is 35.5. The summed E-state index contributed by atoms with van der Waals surface area (Å²) in [6.45, 7) is 5.61. The zero-order valence-electron chi connectivity index (χ0n) is 10.9. The minimum Gasteiger partial charge on any atom is -0.481 e. The number of carbonyl (C=O) groups is 1. The van der Waals surface area contributed by atoms with Crippen LogP contribution in [0.5, 0.6) is 0 Å². The second-order valence-corrected chi connectivity index (χ2v) is 5.32. The average Bonchev–Trinajstić information content (AvgIpc) is 2.21. The number of aryl methyl sites for hydroxylation is 2. The molecule has 2 N–H and O–H groups in total. The quantitative estimate of drug-likeness (QED) is 0.861. The minimum absolute atomic E-state index is 0.0621. The van der Waals surface area contributed by atoms with E-state index in [0.717, 1.165) is 16.7 Å². The van der Waals surface area contributed by atoms with Crippen LogP contribution in [-0.2, 0) is 4.79 Å². The minimum atomic E-state index is -0.835. The fourth-order valence-electron chi connectivity index (χ4n) is 2.05. The number of aliphatic hydroxyl groups excluding tert-OH is 1. The first-order valence-corrected chi connectivity index (χ1v) is 6.35. The van der Waals surface area contributed by atoms with Crippen molar-refractivity contribution in [3.63, 3.8) is 0 Å². The molecule has 0 aliphatic carbocycles. The number of halogens is 1. The SMILES string of the molecule is Cc1cc(C(O)CC(C)CC(=O)O)c(C)cc1Cl. The first-order chi connectivity index (χ1) is 8.31. The van der Waals surface area contributed by atoms with Crippen molar-refractivity contribution in [1.29, 1.82) is 0 Å². The van der Waals surface area contributed by atoms with Gasteiger partial charge in [0.15, 0.2) is 0 Å². The highest BCUT2D eigenvalue weighted by Crippen LogP contribution is 2.29. The number of aliphatic hydroxyl groups is 1. The molecule has 2 unspecified atom stereocenters. The Hall–Kier alpha value is -1.06. The number of rotatable bonds is 5. The Balaban J connectivity index is 2.81. The van der Waals surface area contributed by atoms with Crippen molar-refractivity contribution >= 4 is 17.6 Å². The fourth-order valence-corrected chi connectivity index (χ4v) is 2.27. The molecular weight excluding hydrogens is 252 g/mol. The Morgan fingerprint density at radius 1 is 1.33 bits per heavy atom. The van der Waals surface area contributed by atoms with E-state index in [1.165, 1.54) is 0 Å². The molecular formula is C14H19ClO3. The monoisotopic (exact) mass is 270 g/mol. The van der Waals surface area contributed by atoms with Gasteiger partial charge in [-0.3, -0.25) is 4.79 Å². The van der Waals surface area contributed by atoms with Crippen LogP contribution in [0.15, 0.2) is 12.1 Å². The summed E-state index contributed by atoms with van der Waals surface area (Å²) in [6, 6.07) is 3.70. The summed E-state index contributed by atoms with van der Waals surface area (Å²) in [7, 11) is 0. The molecule has 0 spiro atoms. The van der Waals surface area contributed by atoms with Crippen LogP contribution in [-0.4, -0.2) is 16.2 Å². The van der Waals surface area contributed by atoms with Crippen LogP contribution in [0.1, 0.15) is 42.6 Å². The molecule has 0 aromatic heterocycles. The lowest BCUT2D eigenvalue weighted by atomic mass is 9.92. The van der Waals surface area contributed by atoms with Crippen LogP contribution in [0, 0.1) is 19.8 Å². The Bertz CT molecular complexity index is 443. The summed E-state index contributed by atoms with van der Waals surface area (Å²) in [6.07, 6.45) is -0.132. The van der Waals surface area contributed by atoms with Gasteiger partial charge in [0.2, 0.25) is 0 Å². The van der Waals surface area contributed by atoms with Gasteiger partial charge in [-0.25, -0.2) is 0 Å². The molecule has 0 saturated heterocycles. The number of hydrogen-bond donors (Lipinski definition) is 2. The molecule has 0 saturated carbocycles. The van der Waals surface area contributed by atoms with E-state index in [2.05, 4.69) is 0 Å². The number of carboxylic acids is 1. The molecule has 1 aromatic rings. The van der Waals surface area contributed by atoms with Gasteiger partial charge in [-0.2, -0.15) is 0 Å². The lowest BCUT2D eigenvalue weighted by Gasteiger charge is -2.18. The molecule has 100 valence electrons. The molecule has 1 aromatic carbocycles. The second-order valence-electron chi connectivity index (χ2n) is 4.91. The van der Waals surface area contributed by atoms with E-state index in [1.807, 2.05) is 32.9 Å². The van der Waals surface area contributed by atoms with Gasteiger partial charge < -0.3 is 10.2 Å². The smallest absolute Gasteiger partial charge is 0.303 e. The highest BCUT2D eigenvalue weighted by Gasteiger charge is 2.17. The van der Waals surface area contributed by atoms with Crippen molar-refractivity contribution in [1.82, 2.24) is 0 Å². The Kier molecular flexibility index (Phi) is 5.17. The normalized spacial score (nSPS) is 14.3. The standard InChI is InChI=1S/C14H19ClO3/c1-8(5-14(17)18)4-13(16)11-6-10(3)12(15)7-9(11)2/h6-8,13,16H,4-5H2,1-3H3,(H,17,18). The maximum Gasteiger partial charge on any atom is 0.303 e. The van der Waals surface area contributed by atoms with Gasteiger partial charge in [0.1, 0.15) is 0 Å². The van der Waals surface area contributed by atoms with E-state index in [-0.39, 0.29) is 12.3 Å². The number of carboxylic acid groups (broad SMARTS) is 1. The zero-order valence-corrected chi connectivity index (χ0v) is 11.7. The van der Waals surface area contributed by atoms with Gasteiger partial charge in [-0.05, 0) is 48.9 Å². The third-order valence-electron chi connectivity index (χ3n) is 3.06. The van der Waals surface area contributed by atoms with Gasteiger partial charge in [0.25, 0.3) is 0 Å². The van der Waals surface area contributed by atoms with Gasteiger partial charge >= 0.3 is 5.97 Å². The molecule has 0 heterocycles. The summed E-state index contributed by atoms with van der Waals surface area (Å²) < 4.78 is 0. The molecule has 1 rings (SSSR count). The number of aliphatic carboxylic acids is 1. The molecule has 2 atom stereocenters. The number of benzene rings is 1. The first kappa shape index (κ1) is 15.0. The summed E-state index contributed by atoms with van der Waals surface area (Å²) in [4.78, 5) is 10.6. The molecule has 0 bridgehead atoms. The first-order valence-electron chi connectivity index (χ1n) is 5.97. The third kappa shape index (κ3) is 4.00. The van der Waals surface area contributed by atoms with Gasteiger partial charge in [-0.15, -0.1) is 0 Å². The topological polar surface area (TPSA) is 57.5 Å². The Morgan fingerprint density at radius 2 is 1.94 bits per heavy atom. The molecule has 3 nitrogen and oxygen atoms in total. The lowest BCUT2D eigenvalue weighted by Crippen LogP contribution is -2.10. The van der Waals surface area contributed by atoms with Crippen molar-refractivity contribution in [2.75, 3.05) is 0 Å². The van der Waals surface area contributed by atoms with E-state index in [4.69, 9.17) is 16.7 Å². The predicted octanol–water partition coefficient (Wildman–Crippen LogP) is 3.49. The number of hydrogen-bond acceptors (Lipinski definition) is 2. The van der Waals surface area contributed by atoms with Crippen LogP contribution in [0.3, 0.4) is 0 Å². The van der Waals surface area contributed by atoms with E-state index in [9.17, 15) is 9.90 Å². The van der Waals surface area contributed by atoms with Crippen LogP contribution in [0.25, 0.3) is 0 Å². The van der Waals surface area contributed by atoms with Crippen molar-refractivity contribution in [3.05, 3.63) is 33.8 Å². The van der Waals surface area contributed by atoms with Crippen LogP contribution < -0.4 is 0 Å². The second kappa shape index (κ2) is 6.21. The van der Waals surface area contributed by atoms with E-state index < -0.39 is 12.1 Å². The van der Waals surface area contributed by atoms with Crippen LogP contribution in [0.2, 0.25) is 5.02 Å². The molecule has 0 aliphatic heterocycles. The van der Waals surface area contributed by atoms with Crippen molar-refractivity contribution < 1.29 is 15.0 Å². The van der Waals surface area contributed by atoms with Crippen molar-refractivity contribution in [3.8, 4) is 0 Å². The fraction of sp³-hybridized carbons (Fsp3) is 0.500. The third-order valence-corrected chi connectivity index (χ3v) is 3.46. The maximum atomic E-state index is 10.6. The maximum absolute atomic E-state index is 10.6. The van der Waals surface area contributed by atoms with Crippen molar-refractivity contribution in [2.24, 2.45) is 5.92 Å². The summed E-state index contributed by atoms with van der Waals surface area (Å²) in [5, 5.41) is 19.5. The van der Waals surface area contributed by atoms with E-state index in [1.54, 1.807) is 0 Å². The molecule has 4 heteroatoms. The Labute approximate surface area is 112 Å². The zero-order chi connectivity index (χ0) is 13.9. The summed E-state index contributed by atoms with van der Waals surface area (Å²) in [5.41, 5.74) is 2.68. The highest BCUT2D eigenvalue weighted by molar-refractivity contribution is 6.31. The van der Waals surface area contributed by atoms with Crippen LogP contribution >= 0.6 is 11.6 Å². The largest absolute Gasteiger partial charge is 0.481 e. The molecule has 0 radical (unpaired) electrons. The summed E-state index contributed by atoms with van der Waals surface area (Å²) in [5.74, 6) is -0.897.